The molecular weight excluding hydrogens is 479 g/mol. The standard InChI is InChI=1S/C21H36N6O.HI/c1-4-10-24-20(28)16-27-13-8-19(9-14-27)26-21(23-5-2)25-12-7-18-6-11-22-15-17(18)3;/h6,11,15,19H,4-5,7-10,12-14,16H2,1-3H3,(H,24,28)(H2,23,25,26);1H. The molecule has 1 fully saturated rings. The number of amides is 1. The van der Waals surface area contributed by atoms with Crippen LogP contribution >= 0.6 is 24.0 Å². The molecule has 0 aliphatic carbocycles. The molecule has 0 spiro atoms. The van der Waals surface area contributed by atoms with Crippen LogP contribution in [0, 0.1) is 6.92 Å². The van der Waals surface area contributed by atoms with Crippen LogP contribution < -0.4 is 16.0 Å². The Bertz CT molecular complexity index is 631. The minimum Gasteiger partial charge on any atom is -0.357 e. The van der Waals surface area contributed by atoms with Crippen LogP contribution in [-0.4, -0.2) is 67.1 Å². The van der Waals surface area contributed by atoms with Crippen molar-refractivity contribution in [2.24, 2.45) is 4.99 Å². The van der Waals surface area contributed by atoms with Crippen molar-refractivity contribution in [3.63, 3.8) is 0 Å². The maximum absolute atomic E-state index is 11.9. The number of carbonyl (C=O) groups excluding carboxylic acids is 1. The lowest BCUT2D eigenvalue weighted by Gasteiger charge is -2.32. The van der Waals surface area contributed by atoms with Crippen LogP contribution in [-0.2, 0) is 11.2 Å². The number of aliphatic imine (C=N–C) groups is 1. The van der Waals surface area contributed by atoms with Crippen LogP contribution in [0.1, 0.15) is 44.2 Å². The smallest absolute Gasteiger partial charge is 0.234 e. The fourth-order valence-corrected chi connectivity index (χ4v) is 3.34. The first kappa shape index (κ1) is 25.6. The number of guanidine groups is 1. The number of rotatable bonds is 9. The molecule has 0 aromatic carbocycles. The number of piperidine rings is 1. The normalized spacial score (nSPS) is 15.5. The molecule has 2 heterocycles. The van der Waals surface area contributed by atoms with E-state index in [9.17, 15) is 4.79 Å². The Morgan fingerprint density at radius 3 is 2.69 bits per heavy atom. The molecule has 7 nitrogen and oxygen atoms in total. The lowest BCUT2D eigenvalue weighted by Crippen LogP contribution is -2.50. The van der Waals surface area contributed by atoms with Crippen LogP contribution in [0.15, 0.2) is 23.5 Å². The Balaban J connectivity index is 0.00000420. The maximum atomic E-state index is 11.9. The Morgan fingerprint density at radius 1 is 1.28 bits per heavy atom. The highest BCUT2D eigenvalue weighted by Crippen LogP contribution is 2.10. The van der Waals surface area contributed by atoms with E-state index in [1.54, 1.807) is 0 Å². The largest absolute Gasteiger partial charge is 0.357 e. The molecular formula is C21H37IN6O. The first-order valence-electron chi connectivity index (χ1n) is 10.6. The molecule has 29 heavy (non-hydrogen) atoms. The monoisotopic (exact) mass is 516 g/mol. The van der Waals surface area contributed by atoms with E-state index in [1.165, 1.54) is 11.1 Å². The average molecular weight is 516 g/mol. The van der Waals surface area contributed by atoms with Gasteiger partial charge in [0.25, 0.3) is 0 Å². The molecule has 1 aliphatic rings. The van der Waals surface area contributed by atoms with Crippen molar-refractivity contribution < 1.29 is 4.79 Å². The van der Waals surface area contributed by atoms with Gasteiger partial charge in [-0.1, -0.05) is 6.92 Å². The highest BCUT2D eigenvalue weighted by molar-refractivity contribution is 14.0. The van der Waals surface area contributed by atoms with Crippen molar-refractivity contribution in [2.45, 2.75) is 52.5 Å². The minimum absolute atomic E-state index is 0. The summed E-state index contributed by atoms with van der Waals surface area (Å²) in [4.78, 5) is 23.0. The summed E-state index contributed by atoms with van der Waals surface area (Å²) in [5.41, 5.74) is 2.51. The zero-order valence-electron chi connectivity index (χ0n) is 18.0. The summed E-state index contributed by atoms with van der Waals surface area (Å²) in [5.74, 6) is 1.02. The molecule has 0 unspecified atom stereocenters. The summed E-state index contributed by atoms with van der Waals surface area (Å²) in [6.07, 6.45) is 7.68. The van der Waals surface area contributed by atoms with E-state index in [0.717, 1.165) is 64.4 Å². The van der Waals surface area contributed by atoms with E-state index in [4.69, 9.17) is 4.99 Å². The molecule has 3 N–H and O–H groups in total. The highest BCUT2D eigenvalue weighted by Gasteiger charge is 2.21. The van der Waals surface area contributed by atoms with E-state index in [1.807, 2.05) is 12.4 Å². The van der Waals surface area contributed by atoms with Gasteiger partial charge in [-0.25, -0.2) is 0 Å². The van der Waals surface area contributed by atoms with Gasteiger partial charge in [0, 0.05) is 51.2 Å². The number of aryl methyl sites for hydroxylation is 1. The Kier molecular flexibility index (Phi) is 12.8. The number of nitrogens with one attached hydrogen (secondary N) is 3. The van der Waals surface area contributed by atoms with Gasteiger partial charge in [-0.15, -0.1) is 24.0 Å². The number of nitrogens with zero attached hydrogens (tertiary/aromatic N) is 3. The predicted molar refractivity (Wildman–Crippen MR) is 130 cm³/mol. The quantitative estimate of drug-likeness (QED) is 0.266. The second-order valence-corrected chi connectivity index (χ2v) is 7.36. The molecule has 0 saturated carbocycles. The molecule has 1 aliphatic heterocycles. The molecule has 1 aromatic heterocycles. The van der Waals surface area contributed by atoms with E-state index >= 15 is 0 Å². The third-order valence-corrected chi connectivity index (χ3v) is 5.00. The first-order chi connectivity index (χ1) is 13.6. The van der Waals surface area contributed by atoms with Gasteiger partial charge in [0.1, 0.15) is 0 Å². The van der Waals surface area contributed by atoms with E-state index in [0.29, 0.717) is 12.6 Å². The lowest BCUT2D eigenvalue weighted by molar-refractivity contribution is -0.122. The topological polar surface area (TPSA) is 81.7 Å². The van der Waals surface area contributed by atoms with Crippen LogP contribution in [0.25, 0.3) is 0 Å². The van der Waals surface area contributed by atoms with Crippen molar-refractivity contribution in [1.82, 2.24) is 25.8 Å². The fraction of sp³-hybridized carbons (Fsp3) is 0.667. The van der Waals surface area contributed by atoms with Crippen LogP contribution in [0.4, 0.5) is 0 Å². The molecule has 0 radical (unpaired) electrons. The van der Waals surface area contributed by atoms with Crippen molar-refractivity contribution >= 4 is 35.8 Å². The number of halogens is 1. The summed E-state index contributed by atoms with van der Waals surface area (Å²) in [7, 11) is 0. The molecule has 8 heteroatoms. The van der Waals surface area contributed by atoms with Crippen molar-refractivity contribution in [1.29, 1.82) is 0 Å². The number of hydrogen-bond acceptors (Lipinski definition) is 4. The van der Waals surface area contributed by atoms with Gasteiger partial charge < -0.3 is 16.0 Å². The van der Waals surface area contributed by atoms with Gasteiger partial charge in [-0.2, -0.15) is 0 Å². The van der Waals surface area contributed by atoms with Crippen LogP contribution in [0.5, 0.6) is 0 Å². The molecule has 0 atom stereocenters. The van der Waals surface area contributed by atoms with Gasteiger partial charge in [0.15, 0.2) is 5.96 Å². The third kappa shape index (κ3) is 9.75. The summed E-state index contributed by atoms with van der Waals surface area (Å²) in [6, 6.07) is 2.47. The Morgan fingerprint density at radius 2 is 2.03 bits per heavy atom. The summed E-state index contributed by atoms with van der Waals surface area (Å²) in [5, 5.41) is 9.86. The Hall–Kier alpha value is -1.42. The highest BCUT2D eigenvalue weighted by atomic mass is 127. The van der Waals surface area contributed by atoms with Gasteiger partial charge in [-0.3, -0.25) is 19.7 Å². The van der Waals surface area contributed by atoms with Crippen molar-refractivity contribution in [2.75, 3.05) is 39.3 Å². The Labute approximate surface area is 192 Å². The minimum atomic E-state index is 0. The third-order valence-electron chi connectivity index (χ3n) is 5.00. The van der Waals surface area contributed by atoms with Gasteiger partial charge in [0.2, 0.25) is 5.91 Å². The zero-order valence-corrected chi connectivity index (χ0v) is 20.4. The summed E-state index contributed by atoms with van der Waals surface area (Å²) >= 11 is 0. The van der Waals surface area contributed by atoms with Crippen molar-refractivity contribution in [3.05, 3.63) is 29.6 Å². The SMILES string of the molecule is CCCNC(=O)CN1CCC(NC(=NCCc2ccncc2C)NCC)CC1.I. The number of likely N-dealkylation sites (tertiary alicyclic amines) is 1. The first-order valence-corrected chi connectivity index (χ1v) is 10.6. The summed E-state index contributed by atoms with van der Waals surface area (Å²) < 4.78 is 0. The van der Waals surface area contributed by atoms with Crippen LogP contribution in [0.2, 0.25) is 0 Å². The number of aromatic nitrogens is 1. The molecule has 2 rings (SSSR count). The van der Waals surface area contributed by atoms with Crippen LogP contribution in [0.3, 0.4) is 0 Å². The maximum Gasteiger partial charge on any atom is 0.234 e. The second kappa shape index (κ2) is 14.5. The lowest BCUT2D eigenvalue weighted by atomic mass is 10.1. The van der Waals surface area contributed by atoms with Gasteiger partial charge in [0.05, 0.1) is 6.54 Å². The average Bonchev–Trinajstić information content (AvgIpc) is 2.69. The van der Waals surface area contributed by atoms with Gasteiger partial charge in [-0.05, 0) is 56.7 Å². The molecule has 0 bridgehead atoms. The van der Waals surface area contributed by atoms with Gasteiger partial charge >= 0.3 is 0 Å². The molecule has 1 saturated heterocycles. The van der Waals surface area contributed by atoms with Crippen molar-refractivity contribution in [3.8, 4) is 0 Å². The number of hydrogen-bond donors (Lipinski definition) is 3. The zero-order chi connectivity index (χ0) is 20.2. The molecule has 1 aromatic rings. The van der Waals surface area contributed by atoms with E-state index in [2.05, 4.69) is 52.7 Å². The number of carbonyl (C=O) groups is 1. The second-order valence-electron chi connectivity index (χ2n) is 7.36. The summed E-state index contributed by atoms with van der Waals surface area (Å²) in [6.45, 7) is 11.0. The van der Waals surface area contributed by atoms with E-state index < -0.39 is 0 Å². The molecule has 164 valence electrons. The van der Waals surface area contributed by atoms with E-state index in [-0.39, 0.29) is 29.9 Å². The predicted octanol–water partition coefficient (Wildman–Crippen LogP) is 2.10. The fourth-order valence-electron chi connectivity index (χ4n) is 3.34. The molecule has 1 amide bonds. The number of pyridine rings is 1.